The van der Waals surface area contributed by atoms with Gasteiger partial charge in [-0.1, -0.05) is 23.2 Å². The number of hydrogen-bond donors (Lipinski definition) is 2. The van der Waals surface area contributed by atoms with Gasteiger partial charge in [0.2, 0.25) is 15.9 Å². The molecule has 0 saturated heterocycles. The fourth-order valence-electron chi connectivity index (χ4n) is 2.55. The smallest absolute Gasteiger partial charge is 0.240 e. The van der Waals surface area contributed by atoms with Gasteiger partial charge in [0.05, 0.1) is 28.4 Å². The van der Waals surface area contributed by atoms with Crippen LogP contribution < -0.4 is 10.5 Å². The molecule has 12 heteroatoms. The van der Waals surface area contributed by atoms with Crippen molar-refractivity contribution in [2.75, 3.05) is 5.32 Å². The lowest BCUT2D eigenvalue weighted by atomic mass is 10.1. The Bertz CT molecular complexity index is 1190. The van der Waals surface area contributed by atoms with Gasteiger partial charge in [0.15, 0.2) is 0 Å². The third-order valence-corrected chi connectivity index (χ3v) is 5.26. The van der Waals surface area contributed by atoms with E-state index < -0.39 is 34.0 Å². The highest BCUT2D eigenvalue weighted by Crippen LogP contribution is 2.25. The van der Waals surface area contributed by atoms with Gasteiger partial charge < -0.3 is 5.32 Å². The Balaban J connectivity index is 1.89. The van der Waals surface area contributed by atoms with Crippen LogP contribution in [0.2, 0.25) is 10.0 Å². The fraction of sp³-hybridized carbons (Fsp3) is 0.0588. The number of hydrogen-bond acceptors (Lipinski definition) is 4. The Labute approximate surface area is 174 Å². The summed E-state index contributed by atoms with van der Waals surface area (Å²) in [4.78, 5) is 11.9. The first-order valence-corrected chi connectivity index (χ1v) is 10.2. The second-order valence-electron chi connectivity index (χ2n) is 5.90. The molecule has 0 radical (unpaired) electrons. The molecular formula is C17H12Cl2F2N4O3S. The minimum absolute atomic E-state index is 0.0830. The first kappa shape index (κ1) is 21.2. The van der Waals surface area contributed by atoms with Gasteiger partial charge in [0, 0.05) is 23.5 Å². The molecule has 3 N–H and O–H groups in total. The van der Waals surface area contributed by atoms with E-state index >= 15 is 0 Å². The maximum atomic E-state index is 13.9. The second kappa shape index (κ2) is 8.07. The average molecular weight is 461 g/mol. The molecule has 0 bridgehead atoms. The molecule has 1 aromatic heterocycles. The van der Waals surface area contributed by atoms with E-state index in [2.05, 4.69) is 10.4 Å². The van der Waals surface area contributed by atoms with Crippen LogP contribution in [0.3, 0.4) is 0 Å². The van der Waals surface area contributed by atoms with E-state index in [0.29, 0.717) is 6.07 Å². The summed E-state index contributed by atoms with van der Waals surface area (Å²) in [5, 5.41) is 11.6. The SMILES string of the molecule is NS(=O)(=O)c1cc(NC(=O)Cc2c(F)cc(F)cc2Cl)ccc1-n1cc(Cl)cn1. The van der Waals surface area contributed by atoms with Crippen LogP contribution in [-0.4, -0.2) is 24.1 Å². The van der Waals surface area contributed by atoms with E-state index in [1.807, 2.05) is 0 Å². The maximum absolute atomic E-state index is 13.9. The van der Waals surface area contributed by atoms with Crippen molar-refractivity contribution in [1.29, 1.82) is 0 Å². The summed E-state index contributed by atoms with van der Waals surface area (Å²) >= 11 is 11.6. The van der Waals surface area contributed by atoms with E-state index in [4.69, 9.17) is 28.3 Å². The monoisotopic (exact) mass is 460 g/mol. The molecule has 2 aromatic carbocycles. The van der Waals surface area contributed by atoms with Crippen molar-refractivity contribution in [3.8, 4) is 5.69 Å². The molecule has 7 nitrogen and oxygen atoms in total. The zero-order valence-corrected chi connectivity index (χ0v) is 16.7. The number of anilines is 1. The van der Waals surface area contributed by atoms with Gasteiger partial charge in [-0.25, -0.2) is 27.0 Å². The first-order chi connectivity index (χ1) is 13.5. The molecule has 29 heavy (non-hydrogen) atoms. The van der Waals surface area contributed by atoms with E-state index in [9.17, 15) is 22.0 Å². The van der Waals surface area contributed by atoms with Crippen molar-refractivity contribution in [3.05, 3.63) is 70.0 Å². The summed E-state index contributed by atoms with van der Waals surface area (Å²) in [7, 11) is -4.19. The molecule has 3 rings (SSSR count). The largest absolute Gasteiger partial charge is 0.326 e. The summed E-state index contributed by atoms with van der Waals surface area (Å²) in [5.41, 5.74) is 0.00438. The van der Waals surface area contributed by atoms with Crippen LogP contribution in [0.15, 0.2) is 47.6 Å². The Morgan fingerprint density at radius 3 is 2.52 bits per heavy atom. The molecule has 152 valence electrons. The molecule has 0 aliphatic carbocycles. The number of nitrogens with two attached hydrogens (primary N) is 1. The van der Waals surface area contributed by atoms with Crippen molar-refractivity contribution in [2.24, 2.45) is 5.14 Å². The lowest BCUT2D eigenvalue weighted by Gasteiger charge is -2.12. The van der Waals surface area contributed by atoms with Crippen LogP contribution in [0.4, 0.5) is 14.5 Å². The van der Waals surface area contributed by atoms with E-state index in [1.54, 1.807) is 0 Å². The number of halogens is 4. The third-order valence-electron chi connectivity index (χ3n) is 3.79. The Morgan fingerprint density at radius 1 is 1.21 bits per heavy atom. The second-order valence-corrected chi connectivity index (χ2v) is 8.28. The first-order valence-electron chi connectivity index (χ1n) is 7.85. The Morgan fingerprint density at radius 2 is 1.93 bits per heavy atom. The number of rotatable bonds is 5. The highest BCUT2D eigenvalue weighted by molar-refractivity contribution is 7.89. The van der Waals surface area contributed by atoms with Gasteiger partial charge in [-0.2, -0.15) is 5.10 Å². The van der Waals surface area contributed by atoms with Crippen LogP contribution in [-0.2, 0) is 21.2 Å². The van der Waals surface area contributed by atoms with Crippen molar-refractivity contribution in [2.45, 2.75) is 11.3 Å². The van der Waals surface area contributed by atoms with E-state index in [0.717, 1.165) is 12.1 Å². The van der Waals surface area contributed by atoms with Gasteiger partial charge in [0.25, 0.3) is 0 Å². The number of amides is 1. The molecule has 1 amide bonds. The van der Waals surface area contributed by atoms with Gasteiger partial charge in [0.1, 0.15) is 16.5 Å². The Kier molecular flexibility index (Phi) is 5.90. The number of carbonyl (C=O) groups excluding carboxylic acids is 1. The molecular weight excluding hydrogens is 449 g/mol. The van der Waals surface area contributed by atoms with Crippen molar-refractivity contribution < 1.29 is 22.0 Å². The van der Waals surface area contributed by atoms with Crippen LogP contribution in [0, 0.1) is 11.6 Å². The van der Waals surface area contributed by atoms with Crippen LogP contribution in [0.25, 0.3) is 5.69 Å². The minimum Gasteiger partial charge on any atom is -0.326 e. The molecule has 0 atom stereocenters. The predicted octanol–water partition coefficient (Wildman–Crippen LogP) is 3.29. The van der Waals surface area contributed by atoms with Crippen molar-refractivity contribution in [3.63, 3.8) is 0 Å². The summed E-state index contributed by atoms with van der Waals surface area (Å²) in [6.07, 6.45) is 2.19. The third kappa shape index (κ3) is 4.91. The van der Waals surface area contributed by atoms with Crippen molar-refractivity contribution in [1.82, 2.24) is 9.78 Å². The van der Waals surface area contributed by atoms with Gasteiger partial charge in [-0.05, 0) is 24.3 Å². The fourth-order valence-corrected chi connectivity index (χ4v) is 3.69. The van der Waals surface area contributed by atoms with E-state index in [-0.39, 0.29) is 31.9 Å². The Hall–Kier alpha value is -2.53. The normalized spacial score (nSPS) is 11.5. The molecule has 0 aliphatic heterocycles. The summed E-state index contributed by atoms with van der Waals surface area (Å²) in [5.74, 6) is -2.54. The quantitative estimate of drug-likeness (QED) is 0.608. The molecule has 0 unspecified atom stereocenters. The number of carbonyl (C=O) groups is 1. The van der Waals surface area contributed by atoms with Crippen molar-refractivity contribution >= 4 is 44.8 Å². The number of primary sulfonamides is 1. The van der Waals surface area contributed by atoms with Crippen LogP contribution in [0.5, 0.6) is 0 Å². The number of nitrogens with one attached hydrogen (secondary N) is 1. The van der Waals surface area contributed by atoms with Crippen LogP contribution >= 0.6 is 23.2 Å². The van der Waals surface area contributed by atoms with E-state index in [1.165, 1.54) is 29.2 Å². The number of aromatic nitrogens is 2. The number of nitrogens with zero attached hydrogens (tertiary/aromatic N) is 2. The average Bonchev–Trinajstić information content (AvgIpc) is 3.03. The lowest BCUT2D eigenvalue weighted by Crippen LogP contribution is -2.18. The van der Waals surface area contributed by atoms with Gasteiger partial charge in [-0.3, -0.25) is 4.79 Å². The number of sulfonamides is 1. The zero-order chi connectivity index (χ0) is 21.3. The molecule has 0 aliphatic rings. The summed E-state index contributed by atoms with van der Waals surface area (Å²) in [6, 6.07) is 5.39. The lowest BCUT2D eigenvalue weighted by molar-refractivity contribution is -0.115. The molecule has 3 aromatic rings. The summed E-state index contributed by atoms with van der Waals surface area (Å²) in [6.45, 7) is 0. The highest BCUT2D eigenvalue weighted by atomic mass is 35.5. The highest BCUT2D eigenvalue weighted by Gasteiger charge is 2.19. The molecule has 0 fully saturated rings. The molecule has 1 heterocycles. The standard InChI is InChI=1S/C17H12Cl2F2N4O3S/c18-9-7-23-25(8-9)15-2-1-11(5-16(15)29(22,27)28)24-17(26)6-12-13(19)3-10(20)4-14(12)21/h1-5,7-8H,6H2,(H,24,26)(H2,22,27,28). The molecule has 0 saturated carbocycles. The topological polar surface area (TPSA) is 107 Å². The molecule has 0 spiro atoms. The zero-order valence-electron chi connectivity index (χ0n) is 14.4. The van der Waals surface area contributed by atoms with Crippen LogP contribution in [0.1, 0.15) is 5.56 Å². The summed E-state index contributed by atoms with van der Waals surface area (Å²) < 4.78 is 52.1. The maximum Gasteiger partial charge on any atom is 0.240 e. The van der Waals surface area contributed by atoms with Gasteiger partial charge >= 0.3 is 0 Å². The van der Waals surface area contributed by atoms with Gasteiger partial charge in [-0.15, -0.1) is 0 Å². The number of benzene rings is 2. The predicted molar refractivity (Wildman–Crippen MR) is 104 cm³/mol. The minimum atomic E-state index is -4.19.